The molecule has 14 aromatic rings. The van der Waals surface area contributed by atoms with E-state index in [-0.39, 0.29) is 0 Å². The van der Waals surface area contributed by atoms with E-state index >= 15 is 0 Å². The third kappa shape index (κ3) is 12.6. The van der Waals surface area contributed by atoms with Crippen LogP contribution in [0.1, 0.15) is 45.2 Å². The first-order valence-electron chi connectivity index (χ1n) is 28.4. The van der Waals surface area contributed by atoms with Crippen LogP contribution in [0.3, 0.4) is 0 Å². The van der Waals surface area contributed by atoms with Crippen molar-refractivity contribution in [1.82, 2.24) is 29.5 Å². The topological polar surface area (TPSA) is 106 Å². The molecule has 0 fully saturated rings. The fourth-order valence-corrected chi connectivity index (χ4v) is 9.81. The molecule has 0 amide bonds. The molecule has 14 rings (SSSR count). The van der Waals surface area contributed by atoms with Gasteiger partial charge in [0.15, 0.2) is 0 Å². The molecule has 0 aliphatic heterocycles. The lowest BCUT2D eigenvalue weighted by Crippen LogP contribution is -1.95. The number of rotatable bonds is 13. The highest BCUT2D eigenvalue weighted by Crippen LogP contribution is 2.36. The molecule has 0 saturated carbocycles. The molecule has 0 saturated heterocycles. The van der Waals surface area contributed by atoms with E-state index in [1.54, 1.807) is 0 Å². The van der Waals surface area contributed by atoms with Gasteiger partial charge < -0.3 is 27.4 Å². The van der Waals surface area contributed by atoms with Crippen molar-refractivity contribution in [3.8, 4) is 68.7 Å². The molecule has 0 unspecified atom stereocenters. The zero-order valence-corrected chi connectivity index (χ0v) is 47.5. The molecule has 10 aromatic carbocycles. The summed E-state index contributed by atoms with van der Waals surface area (Å²) in [6.07, 6.45) is 3.14. The molecule has 4 heterocycles. The van der Waals surface area contributed by atoms with E-state index in [0.717, 1.165) is 78.7 Å². The van der Waals surface area contributed by atoms with E-state index in [2.05, 4.69) is 178 Å². The Balaban J connectivity index is 0.000000146. The number of ether oxygens (including phenoxy) is 2. The molecule has 0 radical (unpaired) electrons. The summed E-state index contributed by atoms with van der Waals surface area (Å²) < 4.78 is 28.3. The van der Waals surface area contributed by atoms with Crippen LogP contribution in [-0.4, -0.2) is 36.1 Å². The zero-order valence-electron chi connectivity index (χ0n) is 47.5. The maximum atomic E-state index is 6.13. The second-order valence-corrected chi connectivity index (χ2v) is 20.3. The molecule has 0 aliphatic rings. The number of fused-ring (bicyclic) bond motifs is 6. The highest BCUT2D eigenvalue weighted by Gasteiger charge is 2.18. The van der Waals surface area contributed by atoms with Crippen molar-refractivity contribution in [1.29, 1.82) is 0 Å². The summed E-state index contributed by atoms with van der Waals surface area (Å²) in [4.78, 5) is 0. The predicted molar refractivity (Wildman–Crippen MR) is 343 cm³/mol. The Morgan fingerprint density at radius 1 is 0.405 bits per heavy atom. The fraction of sp³-hybridized carbons (Fsp3) is 0.108. The van der Waals surface area contributed by atoms with Crippen molar-refractivity contribution in [3.63, 3.8) is 0 Å². The number of benzene rings is 10. The van der Waals surface area contributed by atoms with Crippen molar-refractivity contribution in [2.24, 2.45) is 5.92 Å². The molecule has 10 heteroatoms. The lowest BCUT2D eigenvalue weighted by Gasteiger charge is -2.08. The first-order chi connectivity index (χ1) is 41.3. The van der Waals surface area contributed by atoms with Crippen LogP contribution in [0.5, 0.6) is 11.5 Å². The quantitative estimate of drug-likeness (QED) is 0.112. The van der Waals surface area contributed by atoms with Crippen LogP contribution in [0.25, 0.3) is 107 Å². The standard InChI is InChI=1S/C33H23N3O2.C28H21N3O2.C8H8.C5H12/c1-2-10-23(11-3-1)22-37-27-15-9-13-25(21-27)33-35-34-32(38-33)24-12-8-14-26(20-24)36-30-18-6-4-16-28(30)29-17-5-7-19-31(29)36;1-2-32-22-12-8-10-20(18-22)28-30-29-27(33-28)19-9-7-11-21(17-19)31-25-15-5-3-13-23(25)24-14-4-6-16-26(24)31;1-2-8-6-4-3-5-7-8;1-4-5(2)3/h1-21H,22H2;3-18H,2H2,1H3;2-7H,1H2;5H,4H2,1-3H3. The van der Waals surface area contributed by atoms with Crippen LogP contribution < -0.4 is 9.47 Å². The molecule has 414 valence electrons. The Bertz CT molecular complexity index is 4350. The summed E-state index contributed by atoms with van der Waals surface area (Å²) in [5, 5.41) is 22.2. The zero-order chi connectivity index (χ0) is 57.6. The Morgan fingerprint density at radius 2 is 0.750 bits per heavy atom. The first-order valence-corrected chi connectivity index (χ1v) is 28.4. The minimum absolute atomic E-state index is 0.451. The average Bonchev–Trinajstić information content (AvgIpc) is 3.80. The molecular weight excluding hydrogens is 1040 g/mol. The smallest absolute Gasteiger partial charge is 0.248 e. The van der Waals surface area contributed by atoms with Gasteiger partial charge in [0.25, 0.3) is 0 Å². The van der Waals surface area contributed by atoms with Crippen molar-refractivity contribution >= 4 is 49.7 Å². The number of hydrogen-bond donors (Lipinski definition) is 0. The van der Waals surface area contributed by atoms with Crippen LogP contribution >= 0.6 is 0 Å². The van der Waals surface area contributed by atoms with Gasteiger partial charge in [-0.25, -0.2) is 0 Å². The lowest BCUT2D eigenvalue weighted by atomic mass is 10.2. The van der Waals surface area contributed by atoms with E-state index in [0.29, 0.717) is 36.8 Å². The number of aromatic nitrogens is 6. The second kappa shape index (κ2) is 26.3. The lowest BCUT2D eigenvalue weighted by molar-refractivity contribution is 0.306. The van der Waals surface area contributed by atoms with Gasteiger partial charge in [-0.1, -0.05) is 198 Å². The average molecular weight is 1100 g/mol. The van der Waals surface area contributed by atoms with Gasteiger partial charge in [-0.3, -0.25) is 0 Å². The van der Waals surface area contributed by atoms with Crippen molar-refractivity contribution in [3.05, 3.63) is 272 Å². The first kappa shape index (κ1) is 55.3. The van der Waals surface area contributed by atoms with E-state index in [4.69, 9.17) is 18.3 Å². The second-order valence-electron chi connectivity index (χ2n) is 20.3. The largest absolute Gasteiger partial charge is 0.494 e. The van der Waals surface area contributed by atoms with Gasteiger partial charge >= 0.3 is 0 Å². The Hall–Kier alpha value is -10.6. The van der Waals surface area contributed by atoms with Gasteiger partial charge in [0.2, 0.25) is 23.6 Å². The predicted octanol–water partition coefficient (Wildman–Crippen LogP) is 19.4. The van der Waals surface area contributed by atoms with Gasteiger partial charge in [-0.05, 0) is 121 Å². The minimum Gasteiger partial charge on any atom is -0.494 e. The molecular formula is C74H64N6O4. The van der Waals surface area contributed by atoms with Gasteiger partial charge in [0.05, 0.1) is 28.7 Å². The number of para-hydroxylation sites is 4. The molecule has 0 spiro atoms. The fourth-order valence-electron chi connectivity index (χ4n) is 9.81. The molecule has 84 heavy (non-hydrogen) atoms. The monoisotopic (exact) mass is 1100 g/mol. The van der Waals surface area contributed by atoms with Crippen LogP contribution in [0.4, 0.5) is 0 Å². The minimum atomic E-state index is 0.451. The maximum absolute atomic E-state index is 6.13. The van der Waals surface area contributed by atoms with Gasteiger partial charge in [-0.15, -0.1) is 20.4 Å². The van der Waals surface area contributed by atoms with E-state index in [9.17, 15) is 0 Å². The van der Waals surface area contributed by atoms with Crippen LogP contribution in [0.2, 0.25) is 0 Å². The molecule has 0 N–H and O–H groups in total. The summed E-state index contributed by atoms with van der Waals surface area (Å²) in [5.74, 6) is 4.28. The summed E-state index contributed by atoms with van der Waals surface area (Å²) in [7, 11) is 0. The van der Waals surface area contributed by atoms with Gasteiger partial charge in [-0.2, -0.15) is 0 Å². The summed E-state index contributed by atoms with van der Waals surface area (Å²) >= 11 is 0. The van der Waals surface area contributed by atoms with Crippen molar-refractivity contribution in [2.75, 3.05) is 6.61 Å². The summed E-state index contributed by atoms with van der Waals surface area (Å²) in [6.45, 7) is 13.3. The SMILES string of the molecule is C=Cc1ccccc1.CCC(C)C.CCOc1cccc(-c2nnc(-c3cccc(-n4c5ccccc5c5ccccc54)c3)o2)c1.c1ccc(COc2cccc(-c3nnc(-c4cccc(-n5c6ccccc6c6ccccc65)c4)o3)c2)cc1. The van der Waals surface area contributed by atoms with E-state index in [1.165, 1.54) is 33.5 Å². The third-order valence-electron chi connectivity index (χ3n) is 14.3. The Labute approximate surface area is 489 Å². The summed E-state index contributed by atoms with van der Waals surface area (Å²) in [6, 6.07) is 85.8. The van der Waals surface area contributed by atoms with Gasteiger partial charge in [0.1, 0.15) is 18.1 Å². The third-order valence-corrected chi connectivity index (χ3v) is 14.3. The highest BCUT2D eigenvalue weighted by atomic mass is 16.5. The molecule has 4 aromatic heterocycles. The van der Waals surface area contributed by atoms with Crippen molar-refractivity contribution in [2.45, 2.75) is 40.7 Å². The molecule has 10 nitrogen and oxygen atoms in total. The van der Waals surface area contributed by atoms with Crippen LogP contribution in [-0.2, 0) is 6.61 Å². The molecule has 0 bridgehead atoms. The van der Waals surface area contributed by atoms with Gasteiger partial charge in [0, 0.05) is 55.2 Å². The maximum Gasteiger partial charge on any atom is 0.248 e. The van der Waals surface area contributed by atoms with Crippen LogP contribution in [0.15, 0.2) is 270 Å². The van der Waals surface area contributed by atoms with Crippen molar-refractivity contribution < 1.29 is 18.3 Å². The number of hydrogen-bond acceptors (Lipinski definition) is 8. The Morgan fingerprint density at radius 3 is 1.12 bits per heavy atom. The van der Waals surface area contributed by atoms with Crippen LogP contribution in [0, 0.1) is 5.92 Å². The molecule has 0 aliphatic carbocycles. The summed E-state index contributed by atoms with van der Waals surface area (Å²) in [5.41, 5.74) is 12.4. The van der Waals surface area contributed by atoms with E-state index < -0.39 is 0 Å². The number of nitrogens with zero attached hydrogens (tertiary/aromatic N) is 6. The van der Waals surface area contributed by atoms with E-state index in [1.807, 2.05) is 146 Å². The normalized spacial score (nSPS) is 10.9. The molecule has 0 atom stereocenters. The Kier molecular flexibility index (Phi) is 17.4. The highest BCUT2D eigenvalue weighted by molar-refractivity contribution is 6.10.